The summed E-state index contributed by atoms with van der Waals surface area (Å²) in [7, 11) is -1.50. The maximum Gasteiger partial charge on any atom is 0.488 e. The van der Waals surface area contributed by atoms with Crippen LogP contribution in [0.2, 0.25) is 0 Å². The smallest absolute Gasteiger partial charge is 0.423 e. The minimum absolute atomic E-state index is 0.501. The van der Waals surface area contributed by atoms with Gasteiger partial charge in [0, 0.05) is 0 Å². The molecule has 0 saturated carbocycles. The molecule has 0 bridgehead atoms. The molecule has 0 fully saturated rings. The zero-order chi connectivity index (χ0) is 19.1. The number of fused-ring (bicyclic) bond motifs is 3. The zero-order valence-corrected chi connectivity index (χ0v) is 15.3. The van der Waals surface area contributed by atoms with Gasteiger partial charge in [0.15, 0.2) is 0 Å². The normalized spacial score (nSPS) is 13.6. The van der Waals surface area contributed by atoms with Crippen LogP contribution in [0.15, 0.2) is 103 Å². The molecule has 0 unspecified atom stereocenters. The fourth-order valence-electron chi connectivity index (χ4n) is 4.62. The van der Waals surface area contributed by atoms with E-state index in [1.54, 1.807) is 6.07 Å². The highest BCUT2D eigenvalue weighted by atomic mass is 16.4. The van der Waals surface area contributed by atoms with Crippen molar-refractivity contribution in [1.29, 1.82) is 0 Å². The summed E-state index contributed by atoms with van der Waals surface area (Å²) < 4.78 is 0. The van der Waals surface area contributed by atoms with Gasteiger partial charge < -0.3 is 10.0 Å². The number of benzene rings is 4. The van der Waals surface area contributed by atoms with Crippen LogP contribution >= 0.6 is 0 Å². The molecular weight excluding hydrogens is 343 g/mol. The number of rotatable bonds is 3. The van der Waals surface area contributed by atoms with Crippen LogP contribution in [-0.2, 0) is 5.41 Å². The zero-order valence-electron chi connectivity index (χ0n) is 15.3. The summed E-state index contributed by atoms with van der Waals surface area (Å²) in [5.41, 5.74) is 6.94. The quantitative estimate of drug-likeness (QED) is 0.480. The molecule has 2 N–H and O–H groups in total. The summed E-state index contributed by atoms with van der Waals surface area (Å²) in [6.45, 7) is 0. The molecular formula is C25H19BO2. The fourth-order valence-corrected chi connectivity index (χ4v) is 4.62. The van der Waals surface area contributed by atoms with Crippen molar-refractivity contribution in [3.05, 3.63) is 125 Å². The molecule has 4 aromatic carbocycles. The van der Waals surface area contributed by atoms with Gasteiger partial charge in [0.05, 0.1) is 5.41 Å². The molecule has 1 aliphatic rings. The molecule has 28 heavy (non-hydrogen) atoms. The molecule has 0 heterocycles. The van der Waals surface area contributed by atoms with Gasteiger partial charge in [0.2, 0.25) is 0 Å². The Morgan fingerprint density at radius 1 is 0.536 bits per heavy atom. The van der Waals surface area contributed by atoms with Crippen LogP contribution in [0.3, 0.4) is 0 Å². The predicted octanol–water partition coefficient (Wildman–Crippen LogP) is 3.73. The number of hydrogen-bond acceptors (Lipinski definition) is 2. The van der Waals surface area contributed by atoms with E-state index in [-0.39, 0.29) is 0 Å². The van der Waals surface area contributed by atoms with Gasteiger partial charge in [-0.05, 0) is 38.8 Å². The standard InChI is InChI=1S/C25H19BO2/c27-26(28)20-15-16-22-21-13-7-8-14-23(21)25(24(22)17-20,18-9-3-1-4-10-18)19-11-5-2-6-12-19/h1-17,27-28H. The first-order chi connectivity index (χ1) is 13.7. The second-order valence-corrected chi connectivity index (χ2v) is 7.21. The van der Waals surface area contributed by atoms with Crippen molar-refractivity contribution in [3.8, 4) is 11.1 Å². The molecule has 4 aromatic rings. The molecule has 0 amide bonds. The average Bonchev–Trinajstić information content (AvgIpc) is 3.05. The van der Waals surface area contributed by atoms with Crippen molar-refractivity contribution in [2.24, 2.45) is 0 Å². The minimum atomic E-state index is -1.50. The Balaban J connectivity index is 1.96. The summed E-state index contributed by atoms with van der Waals surface area (Å²) >= 11 is 0. The molecule has 0 saturated heterocycles. The molecule has 2 nitrogen and oxygen atoms in total. The van der Waals surface area contributed by atoms with Crippen molar-refractivity contribution in [3.63, 3.8) is 0 Å². The van der Waals surface area contributed by atoms with Crippen LogP contribution < -0.4 is 5.46 Å². The third kappa shape index (κ3) is 2.30. The summed E-state index contributed by atoms with van der Waals surface area (Å²) in [4.78, 5) is 0. The Labute approximate surface area is 164 Å². The topological polar surface area (TPSA) is 40.5 Å². The molecule has 0 atom stereocenters. The monoisotopic (exact) mass is 362 g/mol. The first-order valence-corrected chi connectivity index (χ1v) is 9.44. The maximum atomic E-state index is 9.84. The van der Waals surface area contributed by atoms with Crippen LogP contribution in [0.4, 0.5) is 0 Å². The molecule has 134 valence electrons. The lowest BCUT2D eigenvalue weighted by molar-refractivity contribution is 0.425. The summed E-state index contributed by atoms with van der Waals surface area (Å²) in [5.74, 6) is 0. The third-order valence-corrected chi connectivity index (χ3v) is 5.78. The lowest BCUT2D eigenvalue weighted by atomic mass is 9.66. The first-order valence-electron chi connectivity index (χ1n) is 9.44. The van der Waals surface area contributed by atoms with Crippen LogP contribution in [0.1, 0.15) is 22.3 Å². The summed E-state index contributed by atoms with van der Waals surface area (Å²) in [5, 5.41) is 19.7. The molecule has 0 aliphatic heterocycles. The lowest BCUT2D eigenvalue weighted by Crippen LogP contribution is -2.33. The second kappa shape index (κ2) is 6.48. The summed E-state index contributed by atoms with van der Waals surface area (Å²) in [6, 6.07) is 35.1. The van der Waals surface area contributed by atoms with E-state index in [1.807, 2.05) is 24.3 Å². The van der Waals surface area contributed by atoms with Crippen molar-refractivity contribution in [2.75, 3.05) is 0 Å². The van der Waals surface area contributed by atoms with E-state index < -0.39 is 12.5 Å². The van der Waals surface area contributed by atoms with E-state index in [1.165, 1.54) is 11.1 Å². The highest BCUT2D eigenvalue weighted by Crippen LogP contribution is 2.55. The maximum absolute atomic E-state index is 9.84. The average molecular weight is 362 g/mol. The Hall–Kier alpha value is -3.14. The van der Waals surface area contributed by atoms with E-state index in [4.69, 9.17) is 0 Å². The van der Waals surface area contributed by atoms with E-state index in [0.717, 1.165) is 22.3 Å². The van der Waals surface area contributed by atoms with Gasteiger partial charge in [-0.15, -0.1) is 0 Å². The van der Waals surface area contributed by atoms with Crippen molar-refractivity contribution in [1.82, 2.24) is 0 Å². The van der Waals surface area contributed by atoms with Gasteiger partial charge in [-0.25, -0.2) is 0 Å². The molecule has 1 aliphatic carbocycles. The fraction of sp³-hybridized carbons (Fsp3) is 0.0400. The highest BCUT2D eigenvalue weighted by Gasteiger charge is 2.46. The van der Waals surface area contributed by atoms with Gasteiger partial charge in [-0.2, -0.15) is 0 Å². The minimum Gasteiger partial charge on any atom is -0.423 e. The lowest BCUT2D eigenvalue weighted by Gasteiger charge is -2.34. The van der Waals surface area contributed by atoms with Gasteiger partial charge in [-0.1, -0.05) is 103 Å². The van der Waals surface area contributed by atoms with Gasteiger partial charge in [0.1, 0.15) is 0 Å². The Bertz CT molecular complexity index is 1100. The SMILES string of the molecule is OB(O)c1ccc2c(c1)C(c1ccccc1)(c1ccccc1)c1ccccc1-2. The van der Waals surface area contributed by atoms with Gasteiger partial charge in [0.25, 0.3) is 0 Å². The highest BCUT2D eigenvalue weighted by molar-refractivity contribution is 6.58. The van der Waals surface area contributed by atoms with Gasteiger partial charge in [-0.3, -0.25) is 0 Å². The Kier molecular flexibility index (Phi) is 3.94. The molecule has 0 radical (unpaired) electrons. The number of hydrogen-bond donors (Lipinski definition) is 2. The van der Waals surface area contributed by atoms with Crippen molar-refractivity contribution in [2.45, 2.75) is 5.41 Å². The second-order valence-electron chi connectivity index (χ2n) is 7.21. The van der Waals surface area contributed by atoms with Crippen LogP contribution in [0, 0.1) is 0 Å². The first kappa shape index (κ1) is 17.0. The summed E-state index contributed by atoms with van der Waals surface area (Å²) in [6.07, 6.45) is 0. The predicted molar refractivity (Wildman–Crippen MR) is 114 cm³/mol. The van der Waals surface area contributed by atoms with Crippen molar-refractivity contribution >= 4 is 12.6 Å². The van der Waals surface area contributed by atoms with E-state index in [0.29, 0.717) is 5.46 Å². The molecule has 0 aromatic heterocycles. The molecule has 5 rings (SSSR count). The van der Waals surface area contributed by atoms with E-state index >= 15 is 0 Å². The van der Waals surface area contributed by atoms with Crippen LogP contribution in [-0.4, -0.2) is 17.2 Å². The van der Waals surface area contributed by atoms with Crippen LogP contribution in [0.5, 0.6) is 0 Å². The van der Waals surface area contributed by atoms with Crippen molar-refractivity contribution < 1.29 is 10.0 Å². The van der Waals surface area contributed by atoms with E-state index in [9.17, 15) is 10.0 Å². The molecule has 3 heteroatoms. The third-order valence-electron chi connectivity index (χ3n) is 5.78. The van der Waals surface area contributed by atoms with Gasteiger partial charge >= 0.3 is 7.12 Å². The Morgan fingerprint density at radius 3 is 1.68 bits per heavy atom. The largest absolute Gasteiger partial charge is 0.488 e. The molecule has 0 spiro atoms. The van der Waals surface area contributed by atoms with Crippen LogP contribution in [0.25, 0.3) is 11.1 Å². The Morgan fingerprint density at radius 2 is 1.07 bits per heavy atom. The van der Waals surface area contributed by atoms with E-state index in [2.05, 4.69) is 72.8 Å².